The fourth-order valence-electron chi connectivity index (χ4n) is 4.06. The summed E-state index contributed by atoms with van der Waals surface area (Å²) in [6, 6.07) is 0.606. The molecule has 1 amide bonds. The number of nitrogens with one attached hydrogen (secondary N) is 1. The van der Waals surface area contributed by atoms with Gasteiger partial charge in [0.05, 0.1) is 0 Å². The molecule has 0 radical (unpaired) electrons. The highest BCUT2D eigenvalue weighted by Gasteiger charge is 2.36. The maximum Gasteiger partial charge on any atom is 0.222 e. The third kappa shape index (κ3) is 3.67. The Bertz CT molecular complexity index is 314. The van der Waals surface area contributed by atoms with E-state index in [2.05, 4.69) is 10.2 Å². The SMILES string of the molecule is Cl.O=C(CCC1CCNCC1)N1CCCC1C1CCC1. The summed E-state index contributed by atoms with van der Waals surface area (Å²) in [7, 11) is 0. The Labute approximate surface area is 129 Å². The van der Waals surface area contributed by atoms with Crippen molar-refractivity contribution in [1.29, 1.82) is 0 Å². The van der Waals surface area contributed by atoms with E-state index >= 15 is 0 Å². The third-order valence-corrected chi connectivity index (χ3v) is 5.54. The van der Waals surface area contributed by atoms with Gasteiger partial charge in [0.1, 0.15) is 0 Å². The molecule has 116 valence electrons. The summed E-state index contributed by atoms with van der Waals surface area (Å²) in [6.07, 6.45) is 11.1. The van der Waals surface area contributed by atoms with E-state index in [1.165, 1.54) is 44.9 Å². The lowest BCUT2D eigenvalue weighted by Crippen LogP contribution is -2.42. The van der Waals surface area contributed by atoms with Crippen molar-refractivity contribution in [2.45, 2.75) is 63.8 Å². The van der Waals surface area contributed by atoms with E-state index in [1.807, 2.05) is 0 Å². The highest BCUT2D eigenvalue weighted by atomic mass is 35.5. The maximum atomic E-state index is 12.5. The number of amides is 1. The topological polar surface area (TPSA) is 32.3 Å². The van der Waals surface area contributed by atoms with Crippen LogP contribution in [0.4, 0.5) is 0 Å². The molecule has 1 atom stereocenters. The van der Waals surface area contributed by atoms with Crippen molar-refractivity contribution < 1.29 is 4.79 Å². The zero-order chi connectivity index (χ0) is 13.1. The molecule has 2 aliphatic heterocycles. The van der Waals surface area contributed by atoms with Gasteiger partial charge in [-0.25, -0.2) is 0 Å². The van der Waals surface area contributed by atoms with Gasteiger partial charge in [-0.05, 0) is 69.9 Å². The lowest BCUT2D eigenvalue weighted by Gasteiger charge is -2.37. The highest BCUT2D eigenvalue weighted by Crippen LogP contribution is 2.37. The molecule has 1 saturated carbocycles. The van der Waals surface area contributed by atoms with Gasteiger partial charge < -0.3 is 10.2 Å². The number of piperidine rings is 1. The summed E-state index contributed by atoms with van der Waals surface area (Å²) in [4.78, 5) is 14.7. The van der Waals surface area contributed by atoms with Crippen LogP contribution in [0.15, 0.2) is 0 Å². The summed E-state index contributed by atoms with van der Waals surface area (Å²) in [5.41, 5.74) is 0. The molecule has 1 aliphatic carbocycles. The van der Waals surface area contributed by atoms with E-state index < -0.39 is 0 Å². The third-order valence-electron chi connectivity index (χ3n) is 5.54. The van der Waals surface area contributed by atoms with Gasteiger partial charge in [0, 0.05) is 19.0 Å². The zero-order valence-corrected chi connectivity index (χ0v) is 13.3. The van der Waals surface area contributed by atoms with Gasteiger partial charge in [-0.2, -0.15) is 0 Å². The molecule has 0 aromatic rings. The molecular formula is C16H29ClN2O. The van der Waals surface area contributed by atoms with E-state index in [0.29, 0.717) is 11.9 Å². The van der Waals surface area contributed by atoms with Gasteiger partial charge in [0.15, 0.2) is 0 Å². The lowest BCUT2D eigenvalue weighted by molar-refractivity contribution is -0.133. The van der Waals surface area contributed by atoms with Crippen molar-refractivity contribution in [2.75, 3.05) is 19.6 Å². The van der Waals surface area contributed by atoms with E-state index in [-0.39, 0.29) is 12.4 Å². The smallest absolute Gasteiger partial charge is 0.222 e. The molecule has 1 unspecified atom stereocenters. The molecule has 0 bridgehead atoms. The Hall–Kier alpha value is -0.280. The lowest BCUT2D eigenvalue weighted by atomic mass is 9.78. The molecule has 2 saturated heterocycles. The summed E-state index contributed by atoms with van der Waals surface area (Å²) >= 11 is 0. The first-order valence-electron chi connectivity index (χ1n) is 8.35. The molecule has 0 spiro atoms. The molecular weight excluding hydrogens is 272 g/mol. The largest absolute Gasteiger partial charge is 0.339 e. The molecule has 3 nitrogen and oxygen atoms in total. The number of likely N-dealkylation sites (tertiary alicyclic amines) is 1. The number of carbonyl (C=O) groups is 1. The van der Waals surface area contributed by atoms with E-state index in [0.717, 1.165) is 44.3 Å². The van der Waals surface area contributed by atoms with Gasteiger partial charge in [0.25, 0.3) is 0 Å². The Morgan fingerprint density at radius 1 is 1.05 bits per heavy atom. The number of rotatable bonds is 4. The average Bonchev–Trinajstić information content (AvgIpc) is 2.84. The van der Waals surface area contributed by atoms with Crippen LogP contribution in [-0.2, 0) is 4.79 Å². The molecule has 0 aromatic heterocycles. The molecule has 0 aromatic carbocycles. The number of halogens is 1. The van der Waals surface area contributed by atoms with Crippen molar-refractivity contribution in [1.82, 2.24) is 10.2 Å². The highest BCUT2D eigenvalue weighted by molar-refractivity contribution is 5.85. The zero-order valence-electron chi connectivity index (χ0n) is 12.5. The van der Waals surface area contributed by atoms with Gasteiger partial charge in [-0.3, -0.25) is 4.79 Å². The molecule has 3 rings (SSSR count). The minimum Gasteiger partial charge on any atom is -0.339 e. The Balaban J connectivity index is 0.00000147. The molecule has 1 N–H and O–H groups in total. The second-order valence-corrected chi connectivity index (χ2v) is 6.72. The predicted molar refractivity (Wildman–Crippen MR) is 84.2 cm³/mol. The Kier molecular flexibility index (Phi) is 6.16. The summed E-state index contributed by atoms with van der Waals surface area (Å²) in [6.45, 7) is 3.33. The van der Waals surface area contributed by atoms with Gasteiger partial charge in [0.2, 0.25) is 5.91 Å². The van der Waals surface area contributed by atoms with E-state index in [4.69, 9.17) is 0 Å². The Morgan fingerprint density at radius 2 is 1.80 bits per heavy atom. The van der Waals surface area contributed by atoms with Crippen LogP contribution in [0.1, 0.15) is 57.8 Å². The molecule has 3 fully saturated rings. The molecule has 2 heterocycles. The second-order valence-electron chi connectivity index (χ2n) is 6.72. The summed E-state index contributed by atoms with van der Waals surface area (Å²) in [5, 5.41) is 3.40. The summed E-state index contributed by atoms with van der Waals surface area (Å²) < 4.78 is 0. The monoisotopic (exact) mass is 300 g/mol. The molecule has 4 heteroatoms. The van der Waals surface area contributed by atoms with Crippen LogP contribution in [0.2, 0.25) is 0 Å². The van der Waals surface area contributed by atoms with E-state index in [9.17, 15) is 4.79 Å². The number of hydrogen-bond acceptors (Lipinski definition) is 2. The van der Waals surface area contributed by atoms with Crippen LogP contribution in [0.25, 0.3) is 0 Å². The molecule has 20 heavy (non-hydrogen) atoms. The first-order valence-corrected chi connectivity index (χ1v) is 8.35. The number of carbonyl (C=O) groups excluding carboxylic acids is 1. The van der Waals surface area contributed by atoms with Crippen LogP contribution in [-0.4, -0.2) is 36.5 Å². The van der Waals surface area contributed by atoms with Crippen LogP contribution in [0, 0.1) is 11.8 Å². The minimum atomic E-state index is 0. The molecule has 3 aliphatic rings. The van der Waals surface area contributed by atoms with Crippen molar-refractivity contribution in [2.24, 2.45) is 11.8 Å². The van der Waals surface area contributed by atoms with Crippen LogP contribution in [0.3, 0.4) is 0 Å². The minimum absolute atomic E-state index is 0. The first kappa shape index (κ1) is 16.1. The maximum absolute atomic E-state index is 12.5. The predicted octanol–water partition coefficient (Wildman–Crippen LogP) is 2.98. The average molecular weight is 301 g/mol. The van der Waals surface area contributed by atoms with Gasteiger partial charge >= 0.3 is 0 Å². The summed E-state index contributed by atoms with van der Waals surface area (Å²) in [5.74, 6) is 2.08. The Morgan fingerprint density at radius 3 is 2.45 bits per heavy atom. The van der Waals surface area contributed by atoms with E-state index in [1.54, 1.807) is 0 Å². The first-order chi connectivity index (χ1) is 9.34. The van der Waals surface area contributed by atoms with Crippen LogP contribution < -0.4 is 5.32 Å². The fraction of sp³-hybridized carbons (Fsp3) is 0.938. The van der Waals surface area contributed by atoms with Crippen molar-refractivity contribution in [3.8, 4) is 0 Å². The second kappa shape index (κ2) is 7.65. The normalized spacial score (nSPS) is 28.0. The number of hydrogen-bond donors (Lipinski definition) is 1. The van der Waals surface area contributed by atoms with Crippen molar-refractivity contribution in [3.05, 3.63) is 0 Å². The quantitative estimate of drug-likeness (QED) is 0.866. The van der Waals surface area contributed by atoms with Gasteiger partial charge in [-0.15, -0.1) is 12.4 Å². The standard InChI is InChI=1S/C16H28N2O.ClH/c19-16(7-6-13-8-10-17-11-9-13)18-12-2-5-15(18)14-3-1-4-14;/h13-15,17H,1-12H2;1H. The van der Waals surface area contributed by atoms with Crippen LogP contribution in [0.5, 0.6) is 0 Å². The van der Waals surface area contributed by atoms with Crippen molar-refractivity contribution in [3.63, 3.8) is 0 Å². The fourth-order valence-corrected chi connectivity index (χ4v) is 4.06. The van der Waals surface area contributed by atoms with Crippen molar-refractivity contribution >= 4 is 18.3 Å². The van der Waals surface area contributed by atoms with Crippen LogP contribution >= 0.6 is 12.4 Å². The number of nitrogens with zero attached hydrogens (tertiary/aromatic N) is 1. The van der Waals surface area contributed by atoms with Gasteiger partial charge in [-0.1, -0.05) is 6.42 Å².